The lowest BCUT2D eigenvalue weighted by Crippen LogP contribution is -2.12. The topological polar surface area (TPSA) is 81.1 Å². The van der Waals surface area contributed by atoms with Gasteiger partial charge in [0.2, 0.25) is 0 Å². The van der Waals surface area contributed by atoms with Crippen LogP contribution in [0.4, 0.5) is 10.1 Å². The van der Waals surface area contributed by atoms with Crippen molar-refractivity contribution in [3.8, 4) is 33.7 Å². The molecular weight excluding hydrogens is 389 g/mol. The van der Waals surface area contributed by atoms with Gasteiger partial charge < -0.3 is 15.6 Å². The van der Waals surface area contributed by atoms with E-state index in [1.807, 2.05) is 25.2 Å². The van der Waals surface area contributed by atoms with Crippen molar-refractivity contribution in [2.75, 3.05) is 12.4 Å². The van der Waals surface area contributed by atoms with Gasteiger partial charge in [-0.2, -0.15) is 11.3 Å². The molecule has 0 aliphatic rings. The van der Waals surface area contributed by atoms with Crippen LogP contribution in [0.5, 0.6) is 0 Å². The van der Waals surface area contributed by atoms with Crippen molar-refractivity contribution in [2.24, 2.45) is 5.73 Å². The number of carbonyl (C=O) groups excluding carboxylic acids is 1. The van der Waals surface area contributed by atoms with Crippen molar-refractivity contribution >= 4 is 22.9 Å². The Labute approximate surface area is 171 Å². The fourth-order valence-electron chi connectivity index (χ4n) is 3.20. The maximum absolute atomic E-state index is 14.1. The first-order valence-corrected chi connectivity index (χ1v) is 9.84. The molecule has 5 nitrogen and oxygen atoms in total. The highest BCUT2D eigenvalue weighted by Crippen LogP contribution is 2.36. The van der Waals surface area contributed by atoms with Crippen molar-refractivity contribution in [3.05, 3.63) is 70.2 Å². The number of nitrogens with zero attached hydrogens (tertiary/aromatic N) is 1. The molecule has 0 unspecified atom stereocenters. The molecule has 2 aromatic carbocycles. The molecule has 0 radical (unpaired) electrons. The Morgan fingerprint density at radius 2 is 1.90 bits per heavy atom. The van der Waals surface area contributed by atoms with Crippen LogP contribution in [0.3, 0.4) is 0 Å². The van der Waals surface area contributed by atoms with Crippen LogP contribution in [-0.4, -0.2) is 18.1 Å². The normalized spacial score (nSPS) is 10.9. The number of rotatable bonds is 5. The van der Waals surface area contributed by atoms with Gasteiger partial charge in [-0.3, -0.25) is 4.79 Å². The average Bonchev–Trinajstić information content (AvgIpc) is 3.36. The van der Waals surface area contributed by atoms with E-state index >= 15 is 0 Å². The summed E-state index contributed by atoms with van der Waals surface area (Å²) >= 11 is 1.67. The van der Waals surface area contributed by atoms with E-state index in [0.717, 1.165) is 16.8 Å². The van der Waals surface area contributed by atoms with Crippen LogP contribution in [-0.2, 0) is 0 Å². The van der Waals surface area contributed by atoms with Crippen LogP contribution in [0.1, 0.15) is 15.9 Å². The molecule has 4 rings (SSSR count). The van der Waals surface area contributed by atoms with Crippen molar-refractivity contribution in [1.82, 2.24) is 5.16 Å². The minimum atomic E-state index is -0.810. The van der Waals surface area contributed by atoms with Crippen LogP contribution < -0.4 is 11.1 Å². The van der Waals surface area contributed by atoms with E-state index in [0.29, 0.717) is 17.0 Å². The third kappa shape index (κ3) is 3.52. The molecule has 29 heavy (non-hydrogen) atoms. The smallest absolute Gasteiger partial charge is 0.251 e. The summed E-state index contributed by atoms with van der Waals surface area (Å²) in [5.41, 5.74) is 11.3. The molecule has 3 N–H and O–H groups in total. The Morgan fingerprint density at radius 1 is 1.10 bits per heavy atom. The molecule has 0 aliphatic heterocycles. The highest BCUT2D eigenvalue weighted by Gasteiger charge is 2.15. The van der Waals surface area contributed by atoms with Crippen LogP contribution >= 0.6 is 11.3 Å². The van der Waals surface area contributed by atoms with Crippen LogP contribution in [0, 0.1) is 12.7 Å². The lowest BCUT2D eigenvalue weighted by molar-refractivity contribution is 0.0996. The van der Waals surface area contributed by atoms with Gasteiger partial charge in [0, 0.05) is 35.5 Å². The van der Waals surface area contributed by atoms with Gasteiger partial charge in [0.1, 0.15) is 11.5 Å². The van der Waals surface area contributed by atoms with E-state index in [1.165, 1.54) is 23.3 Å². The maximum atomic E-state index is 14.1. The zero-order chi connectivity index (χ0) is 20.5. The van der Waals surface area contributed by atoms with Crippen molar-refractivity contribution in [3.63, 3.8) is 0 Å². The predicted octanol–water partition coefficient (Wildman–Crippen LogP) is 5.33. The summed E-state index contributed by atoms with van der Waals surface area (Å²) < 4.78 is 19.5. The standard InChI is InChI=1S/C22H18FN3O2S/c1-12-10-29-11-17(12)15-5-4-14(8-20(15)25-2)21-9-19(26-28-21)13-3-6-16(22(24)27)18(23)7-13/h3-11,25H,1-2H3,(H2,24,27). The second kappa shape index (κ2) is 7.52. The molecule has 146 valence electrons. The Morgan fingerprint density at radius 3 is 2.55 bits per heavy atom. The molecule has 1 amide bonds. The van der Waals surface area contributed by atoms with Crippen LogP contribution in [0.25, 0.3) is 33.7 Å². The minimum Gasteiger partial charge on any atom is -0.388 e. The summed E-state index contributed by atoms with van der Waals surface area (Å²) in [5, 5.41) is 11.5. The Balaban J connectivity index is 1.69. The molecule has 0 saturated carbocycles. The number of hydrogen-bond acceptors (Lipinski definition) is 5. The third-order valence-corrected chi connectivity index (χ3v) is 5.62. The van der Waals surface area contributed by atoms with Crippen molar-refractivity contribution < 1.29 is 13.7 Å². The SMILES string of the molecule is CNc1cc(-c2cc(-c3ccc(C(N)=O)c(F)c3)no2)ccc1-c1cscc1C. The van der Waals surface area contributed by atoms with E-state index in [1.54, 1.807) is 23.5 Å². The summed E-state index contributed by atoms with van der Waals surface area (Å²) in [6.45, 7) is 2.09. The number of anilines is 1. The van der Waals surface area contributed by atoms with Crippen molar-refractivity contribution in [2.45, 2.75) is 6.92 Å². The number of aryl methyl sites for hydroxylation is 1. The van der Waals surface area contributed by atoms with Gasteiger partial charge in [-0.25, -0.2) is 4.39 Å². The first-order chi connectivity index (χ1) is 14.0. The second-order valence-electron chi connectivity index (χ2n) is 6.61. The van der Waals surface area contributed by atoms with Crippen LogP contribution in [0.2, 0.25) is 0 Å². The van der Waals surface area contributed by atoms with Gasteiger partial charge in [-0.05, 0) is 47.0 Å². The molecule has 0 bridgehead atoms. The summed E-state index contributed by atoms with van der Waals surface area (Å²) in [6, 6.07) is 11.9. The van der Waals surface area contributed by atoms with Gasteiger partial charge in [-0.1, -0.05) is 23.4 Å². The Kier molecular flexibility index (Phi) is 4.90. The van der Waals surface area contributed by atoms with E-state index in [2.05, 4.69) is 28.2 Å². The summed E-state index contributed by atoms with van der Waals surface area (Å²) in [5.74, 6) is -0.938. The number of nitrogens with two attached hydrogens (primary N) is 1. The molecule has 2 aromatic heterocycles. The lowest BCUT2D eigenvalue weighted by atomic mass is 10.00. The molecular formula is C22H18FN3O2S. The largest absolute Gasteiger partial charge is 0.388 e. The molecule has 0 atom stereocenters. The van der Waals surface area contributed by atoms with E-state index < -0.39 is 11.7 Å². The summed E-state index contributed by atoms with van der Waals surface area (Å²) in [4.78, 5) is 11.2. The first kappa shape index (κ1) is 18.9. The molecule has 0 spiro atoms. The summed E-state index contributed by atoms with van der Waals surface area (Å²) in [7, 11) is 1.87. The van der Waals surface area contributed by atoms with Gasteiger partial charge in [-0.15, -0.1) is 0 Å². The number of amides is 1. The first-order valence-electron chi connectivity index (χ1n) is 8.89. The lowest BCUT2D eigenvalue weighted by Gasteiger charge is -2.10. The van der Waals surface area contributed by atoms with E-state index in [-0.39, 0.29) is 5.56 Å². The number of thiophene rings is 1. The number of primary amides is 1. The zero-order valence-corrected chi connectivity index (χ0v) is 16.6. The third-order valence-electron chi connectivity index (χ3n) is 4.76. The molecule has 4 aromatic rings. The fourth-order valence-corrected chi connectivity index (χ4v) is 4.05. The zero-order valence-electron chi connectivity index (χ0n) is 15.8. The van der Waals surface area contributed by atoms with Gasteiger partial charge >= 0.3 is 0 Å². The van der Waals surface area contributed by atoms with Gasteiger partial charge in [0.15, 0.2) is 5.76 Å². The number of aromatic nitrogens is 1. The maximum Gasteiger partial charge on any atom is 0.251 e. The fraction of sp³-hybridized carbons (Fsp3) is 0.0909. The van der Waals surface area contributed by atoms with Crippen LogP contribution in [0.15, 0.2) is 57.7 Å². The number of halogens is 1. The van der Waals surface area contributed by atoms with E-state index in [9.17, 15) is 9.18 Å². The highest BCUT2D eigenvalue weighted by atomic mass is 32.1. The monoisotopic (exact) mass is 407 g/mol. The number of carbonyl (C=O) groups is 1. The highest BCUT2D eigenvalue weighted by molar-refractivity contribution is 7.08. The number of hydrogen-bond donors (Lipinski definition) is 2. The second-order valence-corrected chi connectivity index (χ2v) is 7.36. The Hall–Kier alpha value is -3.45. The molecule has 0 saturated heterocycles. The summed E-state index contributed by atoms with van der Waals surface area (Å²) in [6.07, 6.45) is 0. The molecule has 7 heteroatoms. The van der Waals surface area contributed by atoms with Crippen molar-refractivity contribution in [1.29, 1.82) is 0 Å². The average molecular weight is 407 g/mol. The number of nitrogens with one attached hydrogen (secondary N) is 1. The quantitative estimate of drug-likeness (QED) is 0.469. The number of benzene rings is 2. The molecule has 0 fully saturated rings. The predicted molar refractivity (Wildman–Crippen MR) is 113 cm³/mol. The molecule has 0 aliphatic carbocycles. The minimum absolute atomic E-state index is 0.157. The van der Waals surface area contributed by atoms with Gasteiger partial charge in [0.05, 0.1) is 5.56 Å². The van der Waals surface area contributed by atoms with Gasteiger partial charge in [0.25, 0.3) is 5.91 Å². The Bertz CT molecular complexity index is 1210. The van der Waals surface area contributed by atoms with E-state index in [4.69, 9.17) is 10.3 Å². The molecule has 2 heterocycles.